The summed E-state index contributed by atoms with van der Waals surface area (Å²) in [5.41, 5.74) is -0.264. The lowest BCUT2D eigenvalue weighted by atomic mass is 9.73. The fraction of sp³-hybridized carbons (Fsp3) is 0.750. The van der Waals surface area contributed by atoms with Gasteiger partial charge in [0.15, 0.2) is 5.78 Å². The van der Waals surface area contributed by atoms with E-state index in [0.29, 0.717) is 5.92 Å². The molecule has 0 heterocycles. The quantitative estimate of drug-likeness (QED) is 0.644. The highest BCUT2D eigenvalue weighted by Gasteiger charge is 2.41. The molecular weight excluding hydrogens is 174 g/mol. The zero-order valence-corrected chi connectivity index (χ0v) is 9.55. The molecule has 1 aliphatic rings. The van der Waals surface area contributed by atoms with Crippen molar-refractivity contribution in [2.75, 3.05) is 14.1 Å². The van der Waals surface area contributed by atoms with Crippen LogP contribution in [-0.4, -0.2) is 30.3 Å². The standard InChI is InChI=1S/C12H21NO/c1-5-11(14)12(13(3)4)8-6-7-10(2)9-12/h5,10H,1,6-9H2,2-4H3. The second-order valence-corrected chi connectivity index (χ2v) is 4.70. The van der Waals surface area contributed by atoms with Gasteiger partial charge < -0.3 is 0 Å². The topological polar surface area (TPSA) is 20.3 Å². The molecule has 0 saturated heterocycles. The van der Waals surface area contributed by atoms with Crippen molar-refractivity contribution >= 4 is 5.78 Å². The largest absolute Gasteiger partial charge is 0.297 e. The minimum atomic E-state index is -0.264. The van der Waals surface area contributed by atoms with Crippen LogP contribution in [0.25, 0.3) is 0 Å². The van der Waals surface area contributed by atoms with Crippen LogP contribution >= 0.6 is 0 Å². The molecule has 1 saturated carbocycles. The Morgan fingerprint density at radius 2 is 2.21 bits per heavy atom. The number of carbonyl (C=O) groups is 1. The average molecular weight is 195 g/mol. The monoisotopic (exact) mass is 195 g/mol. The van der Waals surface area contributed by atoms with Crippen LogP contribution in [0, 0.1) is 5.92 Å². The number of hydrogen-bond acceptors (Lipinski definition) is 2. The van der Waals surface area contributed by atoms with Gasteiger partial charge in [-0.05, 0) is 38.9 Å². The molecule has 0 N–H and O–H groups in total. The van der Waals surface area contributed by atoms with Crippen molar-refractivity contribution in [2.24, 2.45) is 5.92 Å². The van der Waals surface area contributed by atoms with E-state index in [4.69, 9.17) is 0 Å². The molecule has 0 radical (unpaired) electrons. The van der Waals surface area contributed by atoms with Crippen molar-refractivity contribution < 1.29 is 4.79 Å². The fourth-order valence-corrected chi connectivity index (χ4v) is 2.56. The zero-order valence-electron chi connectivity index (χ0n) is 9.55. The predicted molar refractivity (Wildman–Crippen MR) is 59.3 cm³/mol. The van der Waals surface area contributed by atoms with Gasteiger partial charge in [-0.1, -0.05) is 26.3 Å². The van der Waals surface area contributed by atoms with Crippen LogP contribution in [0.5, 0.6) is 0 Å². The summed E-state index contributed by atoms with van der Waals surface area (Å²) >= 11 is 0. The molecule has 0 aromatic heterocycles. The molecule has 2 nitrogen and oxygen atoms in total. The van der Waals surface area contributed by atoms with Gasteiger partial charge in [0.05, 0.1) is 5.54 Å². The maximum Gasteiger partial charge on any atom is 0.175 e. The first-order valence-corrected chi connectivity index (χ1v) is 5.37. The molecule has 0 bridgehead atoms. The lowest BCUT2D eigenvalue weighted by molar-refractivity contribution is -0.127. The van der Waals surface area contributed by atoms with E-state index in [1.807, 2.05) is 14.1 Å². The molecule has 80 valence electrons. The summed E-state index contributed by atoms with van der Waals surface area (Å²) in [6.45, 7) is 5.84. The number of hydrogen-bond donors (Lipinski definition) is 0. The third-order valence-electron chi connectivity index (χ3n) is 3.47. The van der Waals surface area contributed by atoms with Gasteiger partial charge >= 0.3 is 0 Å². The zero-order chi connectivity index (χ0) is 10.8. The summed E-state index contributed by atoms with van der Waals surface area (Å²) in [6.07, 6.45) is 5.84. The van der Waals surface area contributed by atoms with Gasteiger partial charge in [-0.2, -0.15) is 0 Å². The first-order chi connectivity index (χ1) is 6.53. The first kappa shape index (κ1) is 11.4. The summed E-state index contributed by atoms with van der Waals surface area (Å²) in [4.78, 5) is 14.0. The second kappa shape index (κ2) is 4.26. The lowest BCUT2D eigenvalue weighted by Gasteiger charge is -2.43. The Labute approximate surface area is 87.0 Å². The van der Waals surface area contributed by atoms with Crippen molar-refractivity contribution in [2.45, 2.75) is 38.1 Å². The maximum absolute atomic E-state index is 11.9. The van der Waals surface area contributed by atoms with Gasteiger partial charge in [0.1, 0.15) is 0 Å². The van der Waals surface area contributed by atoms with Crippen LogP contribution < -0.4 is 0 Å². The molecule has 0 aliphatic heterocycles. The second-order valence-electron chi connectivity index (χ2n) is 4.70. The number of rotatable bonds is 3. The molecule has 2 unspecified atom stereocenters. The third kappa shape index (κ3) is 1.90. The molecule has 1 fully saturated rings. The number of ketones is 1. The Balaban J connectivity index is 2.91. The summed E-state index contributed by atoms with van der Waals surface area (Å²) in [6, 6.07) is 0. The van der Waals surface area contributed by atoms with Gasteiger partial charge in [-0.3, -0.25) is 9.69 Å². The van der Waals surface area contributed by atoms with Crippen LogP contribution in [0.1, 0.15) is 32.6 Å². The molecule has 2 heteroatoms. The van der Waals surface area contributed by atoms with Crippen molar-refractivity contribution in [3.05, 3.63) is 12.7 Å². The van der Waals surface area contributed by atoms with Crippen molar-refractivity contribution in [3.8, 4) is 0 Å². The molecule has 0 spiro atoms. The van der Waals surface area contributed by atoms with E-state index in [-0.39, 0.29) is 11.3 Å². The Morgan fingerprint density at radius 1 is 1.57 bits per heavy atom. The van der Waals surface area contributed by atoms with Crippen molar-refractivity contribution in [3.63, 3.8) is 0 Å². The number of carbonyl (C=O) groups excluding carboxylic acids is 1. The third-order valence-corrected chi connectivity index (χ3v) is 3.47. The van der Waals surface area contributed by atoms with E-state index in [0.717, 1.165) is 19.3 Å². The maximum atomic E-state index is 11.9. The van der Waals surface area contributed by atoms with E-state index in [1.54, 1.807) is 0 Å². The molecule has 14 heavy (non-hydrogen) atoms. The van der Waals surface area contributed by atoms with Crippen LogP contribution in [0.3, 0.4) is 0 Å². The molecule has 1 rings (SSSR count). The Hall–Kier alpha value is -0.630. The molecule has 2 atom stereocenters. The van der Waals surface area contributed by atoms with Crippen LogP contribution in [0.15, 0.2) is 12.7 Å². The van der Waals surface area contributed by atoms with E-state index in [2.05, 4.69) is 18.4 Å². The van der Waals surface area contributed by atoms with Gasteiger partial charge in [0.2, 0.25) is 0 Å². The number of likely N-dealkylation sites (N-methyl/N-ethyl adjacent to an activating group) is 1. The Bertz CT molecular complexity index is 234. The highest BCUT2D eigenvalue weighted by molar-refractivity contribution is 5.97. The molecule has 1 aliphatic carbocycles. The Kier molecular flexibility index (Phi) is 3.48. The summed E-state index contributed by atoms with van der Waals surface area (Å²) < 4.78 is 0. The van der Waals surface area contributed by atoms with E-state index in [9.17, 15) is 4.79 Å². The summed E-state index contributed by atoms with van der Waals surface area (Å²) in [5.74, 6) is 0.837. The van der Waals surface area contributed by atoms with Crippen LogP contribution in [0.2, 0.25) is 0 Å². The van der Waals surface area contributed by atoms with Gasteiger partial charge in [0.25, 0.3) is 0 Å². The lowest BCUT2D eigenvalue weighted by Crippen LogP contribution is -2.53. The van der Waals surface area contributed by atoms with Crippen LogP contribution in [-0.2, 0) is 4.79 Å². The van der Waals surface area contributed by atoms with E-state index < -0.39 is 0 Å². The molecule has 0 aromatic rings. The van der Waals surface area contributed by atoms with Crippen molar-refractivity contribution in [1.29, 1.82) is 0 Å². The fourth-order valence-electron chi connectivity index (χ4n) is 2.56. The summed E-state index contributed by atoms with van der Waals surface area (Å²) in [7, 11) is 4.00. The van der Waals surface area contributed by atoms with Crippen LogP contribution in [0.4, 0.5) is 0 Å². The predicted octanol–water partition coefficient (Wildman–Crippen LogP) is 2.25. The van der Waals surface area contributed by atoms with Gasteiger partial charge in [-0.15, -0.1) is 0 Å². The smallest absolute Gasteiger partial charge is 0.175 e. The van der Waals surface area contributed by atoms with E-state index in [1.165, 1.54) is 12.5 Å². The van der Waals surface area contributed by atoms with Gasteiger partial charge in [0, 0.05) is 0 Å². The van der Waals surface area contributed by atoms with E-state index >= 15 is 0 Å². The Morgan fingerprint density at radius 3 is 2.64 bits per heavy atom. The van der Waals surface area contributed by atoms with Crippen molar-refractivity contribution in [1.82, 2.24) is 4.90 Å². The normalized spacial score (nSPS) is 33.0. The minimum absolute atomic E-state index is 0.189. The number of nitrogens with zero attached hydrogens (tertiary/aromatic N) is 1. The minimum Gasteiger partial charge on any atom is -0.297 e. The molecule has 0 amide bonds. The SMILES string of the molecule is C=CC(=O)C1(N(C)C)CCCC(C)C1. The van der Waals surface area contributed by atoms with Gasteiger partial charge in [-0.25, -0.2) is 0 Å². The molecule has 0 aromatic carbocycles. The average Bonchev–Trinajstić information content (AvgIpc) is 2.16. The molecular formula is C12H21NO. The highest BCUT2D eigenvalue weighted by Crippen LogP contribution is 2.36. The highest BCUT2D eigenvalue weighted by atomic mass is 16.1. The first-order valence-electron chi connectivity index (χ1n) is 5.37. The summed E-state index contributed by atoms with van der Waals surface area (Å²) in [5, 5.41) is 0.